The molecule has 0 fully saturated rings. The lowest BCUT2D eigenvalue weighted by Crippen LogP contribution is -2.48. The molecular formula is C8H12N4O3. The monoisotopic (exact) mass is 212 g/mol. The van der Waals surface area contributed by atoms with Crippen LogP contribution in [0.4, 0.5) is 0 Å². The first kappa shape index (κ1) is 11.0. The van der Waals surface area contributed by atoms with Crippen LogP contribution in [0.1, 0.15) is 0 Å². The number of rotatable bonds is 3. The predicted octanol–water partition coefficient (Wildman–Crippen LogP) is -2.84. The van der Waals surface area contributed by atoms with Gasteiger partial charge in [-0.3, -0.25) is 14.4 Å². The van der Waals surface area contributed by atoms with E-state index in [4.69, 9.17) is 17.2 Å². The van der Waals surface area contributed by atoms with E-state index in [9.17, 15) is 14.4 Å². The van der Waals surface area contributed by atoms with Gasteiger partial charge in [-0.15, -0.1) is 0 Å². The van der Waals surface area contributed by atoms with Crippen molar-refractivity contribution in [1.82, 2.24) is 5.32 Å². The normalized spacial score (nSPS) is 24.9. The summed E-state index contributed by atoms with van der Waals surface area (Å²) < 4.78 is 0. The lowest BCUT2D eigenvalue weighted by atomic mass is 9.82. The zero-order chi connectivity index (χ0) is 11.6. The fourth-order valence-corrected chi connectivity index (χ4v) is 1.56. The Balaban J connectivity index is 3.08. The van der Waals surface area contributed by atoms with Gasteiger partial charge >= 0.3 is 0 Å². The van der Waals surface area contributed by atoms with E-state index in [2.05, 4.69) is 5.32 Å². The molecule has 0 spiro atoms. The van der Waals surface area contributed by atoms with Gasteiger partial charge in [0.2, 0.25) is 17.7 Å². The Morgan fingerprint density at radius 2 is 1.80 bits per heavy atom. The summed E-state index contributed by atoms with van der Waals surface area (Å²) in [6, 6.07) is 0. The third-order valence-corrected chi connectivity index (χ3v) is 2.29. The second kappa shape index (κ2) is 3.99. The topological polar surface area (TPSA) is 141 Å². The summed E-state index contributed by atoms with van der Waals surface area (Å²) in [6.45, 7) is 0.166. The average molecular weight is 212 g/mol. The van der Waals surface area contributed by atoms with Crippen LogP contribution in [0.5, 0.6) is 0 Å². The van der Waals surface area contributed by atoms with Gasteiger partial charge in [-0.1, -0.05) is 0 Å². The molecule has 0 aromatic rings. The highest BCUT2D eigenvalue weighted by Gasteiger charge is 2.38. The van der Waals surface area contributed by atoms with Gasteiger partial charge in [0, 0.05) is 18.3 Å². The molecule has 1 rings (SSSR count). The average Bonchev–Trinajstić information content (AvgIpc) is 2.16. The molecule has 0 aromatic carbocycles. The summed E-state index contributed by atoms with van der Waals surface area (Å²) in [5.41, 5.74) is 15.2. The molecule has 0 saturated heterocycles. The van der Waals surface area contributed by atoms with Gasteiger partial charge in [0.15, 0.2) is 0 Å². The second-order valence-electron chi connectivity index (χ2n) is 3.26. The Labute approximate surface area is 85.7 Å². The first-order valence-electron chi connectivity index (χ1n) is 4.27. The quantitative estimate of drug-likeness (QED) is 0.399. The van der Waals surface area contributed by atoms with E-state index in [1.807, 2.05) is 0 Å². The SMILES string of the molecule is NC(=O)C1=CNCC(C(N)=O)C1C(N)=O. The molecule has 82 valence electrons. The summed E-state index contributed by atoms with van der Waals surface area (Å²) in [4.78, 5) is 33.1. The van der Waals surface area contributed by atoms with Gasteiger partial charge in [0.25, 0.3) is 0 Å². The molecule has 2 unspecified atom stereocenters. The van der Waals surface area contributed by atoms with E-state index in [0.717, 1.165) is 0 Å². The Bertz CT molecular complexity index is 350. The minimum Gasteiger partial charge on any atom is -0.390 e. The number of carbonyl (C=O) groups excluding carboxylic acids is 3. The molecular weight excluding hydrogens is 200 g/mol. The maximum absolute atomic E-state index is 11.1. The number of amides is 3. The maximum Gasteiger partial charge on any atom is 0.246 e. The van der Waals surface area contributed by atoms with Gasteiger partial charge in [-0.25, -0.2) is 0 Å². The van der Waals surface area contributed by atoms with Crippen molar-refractivity contribution in [2.75, 3.05) is 6.54 Å². The third-order valence-electron chi connectivity index (χ3n) is 2.29. The summed E-state index contributed by atoms with van der Waals surface area (Å²) in [7, 11) is 0. The minimum atomic E-state index is -1.04. The van der Waals surface area contributed by atoms with Crippen molar-refractivity contribution in [1.29, 1.82) is 0 Å². The van der Waals surface area contributed by atoms with E-state index >= 15 is 0 Å². The smallest absolute Gasteiger partial charge is 0.246 e. The molecule has 1 aliphatic heterocycles. The van der Waals surface area contributed by atoms with Crippen LogP contribution in [0.15, 0.2) is 11.8 Å². The molecule has 2 atom stereocenters. The standard InChI is InChI=1S/C8H12N4O3/c9-6(13)3-1-12-2-4(7(10)14)5(3)8(11)15/h1,4-5,12H,2H2,(H2,9,13)(H2,10,14)(H2,11,15). The Morgan fingerprint density at radius 1 is 1.20 bits per heavy atom. The van der Waals surface area contributed by atoms with Gasteiger partial charge in [-0.2, -0.15) is 0 Å². The summed E-state index contributed by atoms with van der Waals surface area (Å²) in [6.07, 6.45) is 1.29. The van der Waals surface area contributed by atoms with Crippen molar-refractivity contribution in [2.45, 2.75) is 0 Å². The molecule has 15 heavy (non-hydrogen) atoms. The van der Waals surface area contributed by atoms with Crippen LogP contribution >= 0.6 is 0 Å². The van der Waals surface area contributed by atoms with Crippen molar-refractivity contribution < 1.29 is 14.4 Å². The number of hydrogen-bond donors (Lipinski definition) is 4. The fraction of sp³-hybridized carbons (Fsp3) is 0.375. The van der Waals surface area contributed by atoms with Gasteiger partial charge in [-0.05, 0) is 0 Å². The number of carbonyl (C=O) groups is 3. The molecule has 0 aliphatic carbocycles. The number of primary amides is 3. The number of nitrogens with two attached hydrogens (primary N) is 3. The summed E-state index contributed by atoms with van der Waals surface area (Å²) in [5, 5.41) is 2.66. The lowest BCUT2D eigenvalue weighted by molar-refractivity contribution is -0.131. The predicted molar refractivity (Wildman–Crippen MR) is 50.6 cm³/mol. The second-order valence-corrected chi connectivity index (χ2v) is 3.26. The third kappa shape index (κ3) is 2.06. The zero-order valence-electron chi connectivity index (χ0n) is 7.90. The summed E-state index contributed by atoms with van der Waals surface area (Å²) in [5.74, 6) is -4.16. The van der Waals surface area contributed by atoms with Crippen molar-refractivity contribution in [3.8, 4) is 0 Å². The van der Waals surface area contributed by atoms with Crippen LogP contribution in [0, 0.1) is 11.8 Å². The van der Waals surface area contributed by atoms with Crippen LogP contribution in [0.25, 0.3) is 0 Å². The highest BCUT2D eigenvalue weighted by molar-refractivity contribution is 6.01. The first-order valence-corrected chi connectivity index (χ1v) is 4.27. The van der Waals surface area contributed by atoms with Crippen LogP contribution in [-0.4, -0.2) is 24.3 Å². The van der Waals surface area contributed by atoms with E-state index in [0.29, 0.717) is 0 Å². The molecule has 7 N–H and O–H groups in total. The van der Waals surface area contributed by atoms with Crippen molar-refractivity contribution in [3.05, 3.63) is 11.8 Å². The molecule has 0 saturated carbocycles. The summed E-state index contributed by atoms with van der Waals surface area (Å²) >= 11 is 0. The van der Waals surface area contributed by atoms with Crippen LogP contribution < -0.4 is 22.5 Å². The minimum absolute atomic E-state index is 0.0162. The maximum atomic E-state index is 11.1. The van der Waals surface area contributed by atoms with E-state index in [-0.39, 0.29) is 12.1 Å². The van der Waals surface area contributed by atoms with E-state index in [1.165, 1.54) is 6.20 Å². The van der Waals surface area contributed by atoms with Gasteiger partial charge in [0.1, 0.15) is 0 Å². The van der Waals surface area contributed by atoms with Crippen molar-refractivity contribution in [2.24, 2.45) is 29.0 Å². The van der Waals surface area contributed by atoms with Crippen LogP contribution in [-0.2, 0) is 14.4 Å². The van der Waals surface area contributed by atoms with Crippen LogP contribution in [0.2, 0.25) is 0 Å². The molecule has 7 nitrogen and oxygen atoms in total. The van der Waals surface area contributed by atoms with E-state index < -0.39 is 29.6 Å². The fourth-order valence-electron chi connectivity index (χ4n) is 1.56. The number of hydrogen-bond acceptors (Lipinski definition) is 4. The molecule has 1 aliphatic rings. The highest BCUT2D eigenvalue weighted by Crippen LogP contribution is 2.23. The van der Waals surface area contributed by atoms with Gasteiger partial charge < -0.3 is 22.5 Å². The lowest BCUT2D eigenvalue weighted by Gasteiger charge is -2.27. The molecule has 1 heterocycles. The molecule has 0 aromatic heterocycles. The molecule has 7 heteroatoms. The Kier molecular flexibility index (Phi) is 2.93. The highest BCUT2D eigenvalue weighted by atomic mass is 16.2. The first-order chi connectivity index (χ1) is 6.95. The zero-order valence-corrected chi connectivity index (χ0v) is 7.90. The van der Waals surface area contributed by atoms with Gasteiger partial charge in [0.05, 0.1) is 11.8 Å². The van der Waals surface area contributed by atoms with Crippen LogP contribution in [0.3, 0.4) is 0 Å². The van der Waals surface area contributed by atoms with Crippen molar-refractivity contribution in [3.63, 3.8) is 0 Å². The number of nitrogens with one attached hydrogen (secondary N) is 1. The molecule has 0 bridgehead atoms. The molecule has 3 amide bonds. The largest absolute Gasteiger partial charge is 0.390 e. The van der Waals surface area contributed by atoms with Crippen molar-refractivity contribution >= 4 is 17.7 Å². The van der Waals surface area contributed by atoms with E-state index in [1.54, 1.807) is 0 Å². The Morgan fingerprint density at radius 3 is 2.20 bits per heavy atom. The molecule has 0 radical (unpaired) electrons. The Hall–Kier alpha value is -2.05.